The van der Waals surface area contributed by atoms with E-state index in [1.807, 2.05) is 6.92 Å². The van der Waals surface area contributed by atoms with Crippen molar-refractivity contribution in [3.05, 3.63) is 51.5 Å². The Bertz CT molecular complexity index is 1170. The third kappa shape index (κ3) is 6.69. The van der Waals surface area contributed by atoms with Gasteiger partial charge in [0.15, 0.2) is 0 Å². The molecule has 0 radical (unpaired) electrons. The molecule has 3 rings (SSSR count). The molecule has 0 unspecified atom stereocenters. The van der Waals surface area contributed by atoms with Crippen molar-refractivity contribution in [3.63, 3.8) is 0 Å². The number of benzene rings is 1. The van der Waals surface area contributed by atoms with Gasteiger partial charge in [0.25, 0.3) is 0 Å². The third-order valence-corrected chi connectivity index (χ3v) is 23.1. The van der Waals surface area contributed by atoms with Crippen LogP contribution in [0.25, 0.3) is 14.6 Å². The second kappa shape index (κ2) is 12.9. The predicted octanol–water partition coefficient (Wildman–Crippen LogP) is 7.54. The van der Waals surface area contributed by atoms with Gasteiger partial charge in [0, 0.05) is 0 Å². The van der Waals surface area contributed by atoms with Gasteiger partial charge in [-0.05, 0) is 0 Å². The second-order valence-corrected chi connectivity index (χ2v) is 23.2. The number of aryl methyl sites for hydroxylation is 4. The van der Waals surface area contributed by atoms with Crippen LogP contribution >= 0.6 is 0 Å². The van der Waals surface area contributed by atoms with Gasteiger partial charge in [0.2, 0.25) is 0 Å². The molecule has 0 amide bonds. The standard InChI is InChI=1S/C16H16N3O3.3C4H9.Sn/c1-10-8-12(9-13-15(10)22-19(3)16(13)20)6-4-5-7-14-18-17-11(2)21-14;3*1-3-4-2;/h4,8-9H,5,7H2,1-3H3;3*1,3-4H2,2H3;. The van der Waals surface area contributed by atoms with Crippen molar-refractivity contribution < 1.29 is 8.94 Å². The molecule has 0 aliphatic carbocycles. The van der Waals surface area contributed by atoms with E-state index >= 15 is 0 Å². The van der Waals surface area contributed by atoms with Crippen molar-refractivity contribution in [2.45, 2.75) is 99.3 Å². The Balaban J connectivity index is 2.15. The first kappa shape index (κ1) is 27.8. The fraction of sp³-hybridized carbons (Fsp3) is 0.607. The molecule has 6 nitrogen and oxygen atoms in total. The molecule has 2 heterocycles. The van der Waals surface area contributed by atoms with Gasteiger partial charge < -0.3 is 0 Å². The zero-order valence-corrected chi connectivity index (χ0v) is 25.4. The Morgan fingerprint density at radius 2 is 1.63 bits per heavy atom. The molecule has 0 fully saturated rings. The molecule has 1 aromatic carbocycles. The molecule has 0 saturated carbocycles. The van der Waals surface area contributed by atoms with Crippen molar-refractivity contribution in [2.75, 3.05) is 0 Å². The maximum atomic E-state index is 12.9. The van der Waals surface area contributed by atoms with Crippen LogP contribution in [0.4, 0.5) is 0 Å². The zero-order chi connectivity index (χ0) is 25.4. The number of hydrogen-bond donors (Lipinski definition) is 0. The summed E-state index contributed by atoms with van der Waals surface area (Å²) in [6.45, 7) is 10.8. The summed E-state index contributed by atoms with van der Waals surface area (Å²) in [5.41, 5.74) is 2.94. The first-order chi connectivity index (χ1) is 16.8. The van der Waals surface area contributed by atoms with Crippen LogP contribution in [0.5, 0.6) is 0 Å². The molecule has 3 aromatic rings. The number of hydrogen-bond acceptors (Lipinski definition) is 5. The third-order valence-electron chi connectivity index (χ3n) is 7.20. The van der Waals surface area contributed by atoms with Crippen molar-refractivity contribution in [1.82, 2.24) is 14.9 Å². The van der Waals surface area contributed by atoms with Crippen molar-refractivity contribution in [2.24, 2.45) is 7.05 Å². The number of rotatable bonds is 14. The van der Waals surface area contributed by atoms with Crippen molar-refractivity contribution in [1.29, 1.82) is 0 Å². The van der Waals surface area contributed by atoms with E-state index < -0.39 is 18.4 Å². The van der Waals surface area contributed by atoms with E-state index in [1.54, 1.807) is 10.6 Å². The number of fused-ring (bicyclic) bond motifs is 1. The summed E-state index contributed by atoms with van der Waals surface area (Å²) in [6, 6.07) is 4.38. The van der Waals surface area contributed by atoms with E-state index in [0.717, 1.165) is 18.4 Å². The predicted molar refractivity (Wildman–Crippen MR) is 146 cm³/mol. The Hall–Kier alpha value is -1.83. The molecule has 0 aliphatic heterocycles. The monoisotopic (exact) mass is 589 g/mol. The molecule has 0 spiro atoms. The minimum absolute atomic E-state index is 0.0536. The summed E-state index contributed by atoms with van der Waals surface area (Å²) in [5.74, 6) is 1.31. The summed E-state index contributed by atoms with van der Waals surface area (Å²) in [7, 11) is 1.69. The number of nitrogens with zero attached hydrogens (tertiary/aromatic N) is 3. The zero-order valence-electron chi connectivity index (χ0n) is 22.6. The first-order valence-electron chi connectivity index (χ1n) is 13.5. The molecule has 0 aliphatic rings. The number of aromatic nitrogens is 3. The van der Waals surface area contributed by atoms with Crippen LogP contribution in [0.15, 0.2) is 31.9 Å². The van der Waals surface area contributed by atoms with E-state index in [4.69, 9.17) is 8.94 Å². The van der Waals surface area contributed by atoms with Crippen LogP contribution in [0.1, 0.15) is 88.6 Å². The van der Waals surface area contributed by atoms with Gasteiger partial charge in [-0.1, -0.05) is 0 Å². The molecule has 0 atom stereocenters. The fourth-order valence-electron chi connectivity index (χ4n) is 5.30. The summed E-state index contributed by atoms with van der Waals surface area (Å²) in [5, 5.41) is 8.91. The molecular formula is C28H43N3O3Sn. The van der Waals surface area contributed by atoms with Crippen LogP contribution in [0.2, 0.25) is 13.3 Å². The summed E-state index contributed by atoms with van der Waals surface area (Å²) in [4.78, 5) is 12.9. The van der Waals surface area contributed by atoms with Gasteiger partial charge >= 0.3 is 215 Å². The van der Waals surface area contributed by atoms with Gasteiger partial charge in [0.1, 0.15) is 0 Å². The number of allylic oxidation sites excluding steroid dienone is 1. The fourth-order valence-corrected chi connectivity index (χ4v) is 22.4. The minimum atomic E-state index is -2.81. The van der Waals surface area contributed by atoms with Crippen molar-refractivity contribution >= 4 is 32.9 Å². The first-order valence-corrected chi connectivity index (χ1v) is 20.9. The van der Waals surface area contributed by atoms with E-state index in [2.05, 4.69) is 56.1 Å². The number of unbranched alkanes of at least 4 members (excludes halogenated alkanes) is 3. The van der Waals surface area contributed by atoms with Crippen LogP contribution in [-0.2, 0) is 13.5 Å². The van der Waals surface area contributed by atoms with Crippen LogP contribution in [-0.4, -0.2) is 33.3 Å². The normalized spacial score (nSPS) is 12.7. The maximum absolute atomic E-state index is 12.9. The molecule has 0 bridgehead atoms. The van der Waals surface area contributed by atoms with Crippen LogP contribution in [0, 0.1) is 13.8 Å². The molecule has 7 heteroatoms. The van der Waals surface area contributed by atoms with Crippen molar-refractivity contribution in [3.8, 4) is 0 Å². The topological polar surface area (TPSA) is 74.1 Å². The summed E-state index contributed by atoms with van der Waals surface area (Å²) < 4.78 is 18.5. The van der Waals surface area contributed by atoms with Gasteiger partial charge in [-0.2, -0.15) is 0 Å². The average Bonchev–Trinajstić information content (AvgIpc) is 3.39. The van der Waals surface area contributed by atoms with E-state index in [1.165, 1.54) is 62.1 Å². The second-order valence-electron chi connectivity index (χ2n) is 10.0. The average molecular weight is 588 g/mol. The Morgan fingerprint density at radius 1 is 1.00 bits per heavy atom. The molecule has 35 heavy (non-hydrogen) atoms. The van der Waals surface area contributed by atoms with Crippen LogP contribution < -0.4 is 5.56 Å². The molecule has 0 saturated heterocycles. The Labute approximate surface area is 214 Å². The van der Waals surface area contributed by atoms with E-state index in [9.17, 15) is 4.79 Å². The SMILES string of the molecule is CCC[CH2][Sn]([CH2]CCC)([CH2]CCC)/[C](=C/CCc1nnc(C)o1)c1cc(C)c2on(C)c(=O)c2c1. The van der Waals surface area contributed by atoms with E-state index in [-0.39, 0.29) is 5.56 Å². The van der Waals surface area contributed by atoms with Gasteiger partial charge in [0.05, 0.1) is 0 Å². The van der Waals surface area contributed by atoms with Gasteiger partial charge in [-0.3, -0.25) is 0 Å². The summed E-state index contributed by atoms with van der Waals surface area (Å²) in [6.07, 6.45) is 11.7. The molecular weight excluding hydrogens is 545 g/mol. The Kier molecular flexibility index (Phi) is 10.2. The van der Waals surface area contributed by atoms with Crippen LogP contribution in [0.3, 0.4) is 0 Å². The van der Waals surface area contributed by atoms with E-state index in [0.29, 0.717) is 22.8 Å². The molecule has 0 N–H and O–H groups in total. The molecule has 192 valence electrons. The molecule has 2 aromatic heterocycles. The summed E-state index contributed by atoms with van der Waals surface area (Å²) >= 11 is -2.81. The van der Waals surface area contributed by atoms with Gasteiger partial charge in [-0.25, -0.2) is 0 Å². The van der Waals surface area contributed by atoms with Gasteiger partial charge in [-0.15, -0.1) is 0 Å². The Morgan fingerprint density at radius 3 is 2.17 bits per heavy atom. The quantitative estimate of drug-likeness (QED) is 0.182.